The van der Waals surface area contributed by atoms with Crippen LogP contribution in [0.1, 0.15) is 0 Å². The van der Waals surface area contributed by atoms with E-state index in [0.29, 0.717) is 31.3 Å². The lowest BCUT2D eigenvalue weighted by molar-refractivity contribution is 0.190. The van der Waals surface area contributed by atoms with Gasteiger partial charge in [0.05, 0.1) is 13.2 Å². The van der Waals surface area contributed by atoms with E-state index in [9.17, 15) is 8.42 Å². The molecule has 7 nitrogen and oxygen atoms in total. The third-order valence-corrected chi connectivity index (χ3v) is 4.64. The summed E-state index contributed by atoms with van der Waals surface area (Å²) in [6, 6.07) is 0. The predicted molar refractivity (Wildman–Crippen MR) is 75.6 cm³/mol. The standard InChI is InChI=1S/C10H19N3O4S2/c1-16-6-4-13(5-7-17-2)10-8(19(3,14)15)9(11)12-18-10/h4-7H2,1-3H3,(H2,11,12). The van der Waals surface area contributed by atoms with Crippen molar-refractivity contribution in [3.8, 4) is 0 Å². The van der Waals surface area contributed by atoms with Gasteiger partial charge in [0.15, 0.2) is 15.7 Å². The van der Waals surface area contributed by atoms with Crippen LogP contribution in [0, 0.1) is 0 Å². The van der Waals surface area contributed by atoms with Gasteiger partial charge in [0.1, 0.15) is 9.90 Å². The van der Waals surface area contributed by atoms with E-state index in [1.807, 2.05) is 4.90 Å². The summed E-state index contributed by atoms with van der Waals surface area (Å²) in [5.41, 5.74) is 5.65. The Labute approximate surface area is 117 Å². The summed E-state index contributed by atoms with van der Waals surface area (Å²) < 4.78 is 37.6. The van der Waals surface area contributed by atoms with Gasteiger partial charge in [-0.2, -0.15) is 4.37 Å². The fraction of sp³-hybridized carbons (Fsp3) is 0.700. The van der Waals surface area contributed by atoms with E-state index in [-0.39, 0.29) is 10.7 Å². The van der Waals surface area contributed by atoms with Crippen molar-refractivity contribution in [2.45, 2.75) is 4.90 Å². The molecule has 0 radical (unpaired) electrons. The molecule has 0 aliphatic heterocycles. The lowest BCUT2D eigenvalue weighted by Gasteiger charge is -2.22. The average molecular weight is 309 g/mol. The van der Waals surface area contributed by atoms with Gasteiger partial charge in [-0.05, 0) is 11.5 Å². The maximum Gasteiger partial charge on any atom is 0.182 e. The zero-order valence-electron chi connectivity index (χ0n) is 11.2. The SMILES string of the molecule is COCCN(CCOC)c1snc(N)c1S(C)(=O)=O. The smallest absolute Gasteiger partial charge is 0.182 e. The maximum atomic E-state index is 11.8. The Bertz CT molecular complexity index is 493. The molecule has 0 unspecified atom stereocenters. The first-order chi connectivity index (χ1) is 8.91. The Balaban J connectivity index is 3.08. The van der Waals surface area contributed by atoms with Gasteiger partial charge in [0.25, 0.3) is 0 Å². The number of hydrogen-bond acceptors (Lipinski definition) is 8. The highest BCUT2D eigenvalue weighted by atomic mass is 32.2. The Morgan fingerprint density at radius 3 is 2.21 bits per heavy atom. The highest BCUT2D eigenvalue weighted by Gasteiger charge is 2.25. The third-order valence-electron chi connectivity index (χ3n) is 2.45. The molecule has 0 atom stereocenters. The lowest BCUT2D eigenvalue weighted by Crippen LogP contribution is -2.31. The van der Waals surface area contributed by atoms with E-state index in [1.165, 1.54) is 0 Å². The zero-order chi connectivity index (χ0) is 14.5. The summed E-state index contributed by atoms with van der Waals surface area (Å²) >= 11 is 1.07. The van der Waals surface area contributed by atoms with Crippen molar-refractivity contribution in [1.82, 2.24) is 4.37 Å². The average Bonchev–Trinajstić information content (AvgIpc) is 2.71. The molecule has 0 saturated heterocycles. The van der Waals surface area contributed by atoms with E-state index in [2.05, 4.69) is 4.37 Å². The number of hydrogen-bond donors (Lipinski definition) is 1. The predicted octanol–water partition coefficient (Wildman–Crippen LogP) is 0.228. The summed E-state index contributed by atoms with van der Waals surface area (Å²) in [6.45, 7) is 2.05. The molecule has 1 aromatic heterocycles. The minimum Gasteiger partial charge on any atom is -0.383 e. The number of nitrogens with two attached hydrogens (primary N) is 1. The molecule has 0 aliphatic rings. The van der Waals surface area contributed by atoms with Crippen LogP contribution in [-0.4, -0.2) is 59.6 Å². The highest BCUT2D eigenvalue weighted by molar-refractivity contribution is 7.91. The molecule has 2 N–H and O–H groups in total. The van der Waals surface area contributed by atoms with Gasteiger partial charge in [-0.15, -0.1) is 0 Å². The Hall–Kier alpha value is -0.900. The van der Waals surface area contributed by atoms with Gasteiger partial charge in [-0.3, -0.25) is 0 Å². The monoisotopic (exact) mass is 309 g/mol. The van der Waals surface area contributed by atoms with Crippen LogP contribution in [0.4, 0.5) is 10.8 Å². The van der Waals surface area contributed by atoms with Gasteiger partial charge in [-0.1, -0.05) is 0 Å². The van der Waals surface area contributed by atoms with Crippen LogP contribution in [-0.2, 0) is 19.3 Å². The lowest BCUT2D eigenvalue weighted by atomic mass is 10.4. The summed E-state index contributed by atoms with van der Waals surface area (Å²) in [5.74, 6) is 0.0438. The fourth-order valence-electron chi connectivity index (χ4n) is 1.55. The summed E-state index contributed by atoms with van der Waals surface area (Å²) in [6.07, 6.45) is 1.13. The van der Waals surface area contributed by atoms with Gasteiger partial charge in [0, 0.05) is 33.6 Å². The van der Waals surface area contributed by atoms with Crippen molar-refractivity contribution < 1.29 is 17.9 Å². The first-order valence-corrected chi connectivity index (χ1v) is 8.26. The van der Waals surface area contributed by atoms with Gasteiger partial charge in [0.2, 0.25) is 0 Å². The van der Waals surface area contributed by atoms with Crippen LogP contribution in [0.5, 0.6) is 0 Å². The molecular weight excluding hydrogens is 290 g/mol. The van der Waals surface area contributed by atoms with Crippen LogP contribution >= 0.6 is 11.5 Å². The molecule has 0 spiro atoms. The topological polar surface area (TPSA) is 94.8 Å². The second-order valence-corrected chi connectivity index (χ2v) is 6.65. The van der Waals surface area contributed by atoms with Crippen molar-refractivity contribution >= 4 is 32.2 Å². The number of nitrogens with zero attached hydrogens (tertiary/aromatic N) is 2. The van der Waals surface area contributed by atoms with Crippen LogP contribution < -0.4 is 10.6 Å². The minimum absolute atomic E-state index is 0.0438. The van der Waals surface area contributed by atoms with Crippen LogP contribution in [0.25, 0.3) is 0 Å². The van der Waals surface area contributed by atoms with Gasteiger partial charge < -0.3 is 20.1 Å². The zero-order valence-corrected chi connectivity index (χ0v) is 12.9. The Morgan fingerprint density at radius 1 is 1.26 bits per heavy atom. The van der Waals surface area contributed by atoms with Crippen LogP contribution in [0.3, 0.4) is 0 Å². The molecule has 0 aromatic carbocycles. The molecule has 1 aromatic rings. The number of methoxy groups -OCH3 is 2. The fourth-order valence-corrected chi connectivity index (χ4v) is 3.81. The molecule has 0 bridgehead atoms. The molecule has 9 heteroatoms. The second kappa shape index (κ2) is 7.04. The maximum absolute atomic E-state index is 11.8. The number of anilines is 2. The Morgan fingerprint density at radius 2 is 1.79 bits per heavy atom. The van der Waals surface area contributed by atoms with Gasteiger partial charge in [-0.25, -0.2) is 8.42 Å². The molecule has 0 amide bonds. The minimum atomic E-state index is -3.42. The summed E-state index contributed by atoms with van der Waals surface area (Å²) in [7, 11) is -0.236. The van der Waals surface area contributed by atoms with Crippen LogP contribution in [0.15, 0.2) is 4.90 Å². The number of aromatic nitrogens is 1. The normalized spacial score (nSPS) is 11.7. The van der Waals surface area contributed by atoms with Crippen molar-refractivity contribution in [2.24, 2.45) is 0 Å². The third kappa shape index (κ3) is 4.30. The van der Waals surface area contributed by atoms with E-state index in [1.54, 1.807) is 14.2 Å². The molecule has 110 valence electrons. The molecule has 0 fully saturated rings. The van der Waals surface area contributed by atoms with Crippen molar-refractivity contribution in [2.75, 3.05) is 57.4 Å². The number of ether oxygens (including phenoxy) is 2. The van der Waals surface area contributed by atoms with Crippen LogP contribution in [0.2, 0.25) is 0 Å². The molecular formula is C10H19N3O4S2. The van der Waals surface area contributed by atoms with Crippen molar-refractivity contribution in [3.05, 3.63) is 0 Å². The number of sulfone groups is 1. The largest absolute Gasteiger partial charge is 0.383 e. The Kier molecular flexibility index (Phi) is 5.98. The molecule has 0 aliphatic carbocycles. The van der Waals surface area contributed by atoms with Gasteiger partial charge >= 0.3 is 0 Å². The van der Waals surface area contributed by atoms with E-state index in [0.717, 1.165) is 17.8 Å². The number of rotatable bonds is 8. The molecule has 1 heterocycles. The first kappa shape index (κ1) is 16.2. The van der Waals surface area contributed by atoms with E-state index < -0.39 is 9.84 Å². The van der Waals surface area contributed by atoms with Crippen molar-refractivity contribution in [3.63, 3.8) is 0 Å². The number of nitrogen functional groups attached to an aromatic ring is 1. The summed E-state index contributed by atoms with van der Waals surface area (Å²) in [5, 5.41) is 0.536. The summed E-state index contributed by atoms with van der Waals surface area (Å²) in [4.78, 5) is 1.95. The quantitative estimate of drug-likeness (QED) is 0.734. The molecule has 0 saturated carbocycles. The molecule has 1 rings (SSSR count). The highest BCUT2D eigenvalue weighted by Crippen LogP contribution is 2.34. The van der Waals surface area contributed by atoms with E-state index in [4.69, 9.17) is 15.2 Å². The first-order valence-electron chi connectivity index (χ1n) is 5.59. The van der Waals surface area contributed by atoms with Crippen molar-refractivity contribution in [1.29, 1.82) is 0 Å². The van der Waals surface area contributed by atoms with E-state index >= 15 is 0 Å². The second-order valence-electron chi connectivity index (χ2n) is 3.95. The molecule has 19 heavy (non-hydrogen) atoms.